The van der Waals surface area contributed by atoms with Gasteiger partial charge in [0.05, 0.1) is 6.61 Å². The van der Waals surface area contributed by atoms with Gasteiger partial charge in [-0.15, -0.1) is 0 Å². The van der Waals surface area contributed by atoms with E-state index >= 15 is 0 Å². The van der Waals surface area contributed by atoms with Crippen molar-refractivity contribution < 1.29 is 13.5 Å². The molecule has 0 unspecified atom stereocenters. The van der Waals surface area contributed by atoms with Gasteiger partial charge in [-0.1, -0.05) is 62.6 Å². The molecule has 0 N–H and O–H groups in total. The number of halogens is 2. The third-order valence-corrected chi connectivity index (χ3v) is 5.97. The molecule has 0 atom stereocenters. The van der Waals surface area contributed by atoms with Crippen molar-refractivity contribution in [1.29, 1.82) is 0 Å². The van der Waals surface area contributed by atoms with Crippen LogP contribution < -0.4 is 0 Å². The van der Waals surface area contributed by atoms with Crippen LogP contribution in [0.5, 0.6) is 0 Å². The molecule has 3 rings (SSSR count). The zero-order valence-corrected chi connectivity index (χ0v) is 16.4. The second kappa shape index (κ2) is 9.45. The average molecular weight is 372 g/mol. The van der Waals surface area contributed by atoms with Crippen LogP contribution in [0.3, 0.4) is 0 Å². The van der Waals surface area contributed by atoms with Crippen molar-refractivity contribution in [3.8, 4) is 11.1 Å². The van der Waals surface area contributed by atoms with Gasteiger partial charge in [-0.25, -0.2) is 8.78 Å². The second-order valence-corrected chi connectivity index (χ2v) is 7.82. The Morgan fingerprint density at radius 2 is 1.63 bits per heavy atom. The fourth-order valence-corrected chi connectivity index (χ4v) is 4.29. The summed E-state index contributed by atoms with van der Waals surface area (Å²) < 4.78 is 33.5. The van der Waals surface area contributed by atoms with Gasteiger partial charge < -0.3 is 4.74 Å². The summed E-state index contributed by atoms with van der Waals surface area (Å²) in [5, 5.41) is 0. The largest absolute Gasteiger partial charge is 0.380 e. The van der Waals surface area contributed by atoms with Gasteiger partial charge in [0.1, 0.15) is 0 Å². The zero-order chi connectivity index (χ0) is 19.2. The van der Waals surface area contributed by atoms with Crippen molar-refractivity contribution in [2.24, 2.45) is 5.92 Å². The van der Waals surface area contributed by atoms with E-state index in [0.29, 0.717) is 11.5 Å². The third kappa shape index (κ3) is 4.76. The molecule has 0 saturated heterocycles. The van der Waals surface area contributed by atoms with Crippen molar-refractivity contribution in [2.75, 3.05) is 7.11 Å². The first kappa shape index (κ1) is 20.0. The van der Waals surface area contributed by atoms with Gasteiger partial charge in [-0.2, -0.15) is 0 Å². The van der Waals surface area contributed by atoms with E-state index in [9.17, 15) is 8.78 Å². The molecule has 1 fully saturated rings. The van der Waals surface area contributed by atoms with Crippen LogP contribution in [-0.4, -0.2) is 7.11 Å². The zero-order valence-electron chi connectivity index (χ0n) is 16.4. The molecule has 3 heteroatoms. The highest BCUT2D eigenvalue weighted by atomic mass is 19.2. The molecule has 2 aromatic carbocycles. The summed E-state index contributed by atoms with van der Waals surface area (Å²) in [4.78, 5) is 0. The Bertz CT molecular complexity index is 731. The molecule has 0 heterocycles. The van der Waals surface area contributed by atoms with Crippen molar-refractivity contribution in [3.63, 3.8) is 0 Å². The van der Waals surface area contributed by atoms with Gasteiger partial charge in [-0.05, 0) is 48.6 Å². The van der Waals surface area contributed by atoms with E-state index in [1.165, 1.54) is 57.6 Å². The lowest BCUT2D eigenvalue weighted by Gasteiger charge is -2.29. The predicted molar refractivity (Wildman–Crippen MR) is 107 cm³/mol. The maximum absolute atomic E-state index is 14.4. The number of hydrogen-bond donors (Lipinski definition) is 0. The Morgan fingerprint density at radius 3 is 2.26 bits per heavy atom. The molecular weight excluding hydrogens is 342 g/mol. The first-order valence-corrected chi connectivity index (χ1v) is 10.2. The SMILES string of the molecule is CCCCC1CCC(c2ccc(-c3ccc(COC)c(F)c3F)cc2)CC1. The molecule has 1 saturated carbocycles. The molecule has 27 heavy (non-hydrogen) atoms. The predicted octanol–water partition coefficient (Wildman–Crippen LogP) is 7.24. The minimum Gasteiger partial charge on any atom is -0.380 e. The van der Waals surface area contributed by atoms with E-state index in [4.69, 9.17) is 4.74 Å². The Morgan fingerprint density at radius 1 is 0.926 bits per heavy atom. The Balaban J connectivity index is 1.69. The van der Waals surface area contributed by atoms with Gasteiger partial charge >= 0.3 is 0 Å². The van der Waals surface area contributed by atoms with Crippen LogP contribution in [0.4, 0.5) is 8.78 Å². The number of ether oxygens (including phenoxy) is 1. The summed E-state index contributed by atoms with van der Waals surface area (Å²) in [5.41, 5.74) is 2.60. The number of hydrogen-bond acceptors (Lipinski definition) is 1. The smallest absolute Gasteiger partial charge is 0.167 e. The summed E-state index contributed by atoms with van der Waals surface area (Å²) in [6, 6.07) is 11.3. The van der Waals surface area contributed by atoms with Gasteiger partial charge in [0, 0.05) is 18.2 Å². The minimum absolute atomic E-state index is 0.0723. The quantitative estimate of drug-likeness (QED) is 0.497. The summed E-state index contributed by atoms with van der Waals surface area (Å²) in [5.74, 6) is -0.122. The van der Waals surface area contributed by atoms with Crippen LogP contribution in [-0.2, 0) is 11.3 Å². The van der Waals surface area contributed by atoms with Crippen LogP contribution in [0.25, 0.3) is 11.1 Å². The van der Waals surface area contributed by atoms with Gasteiger partial charge in [0.2, 0.25) is 0 Å². The summed E-state index contributed by atoms with van der Waals surface area (Å²) in [6.45, 7) is 2.33. The van der Waals surface area contributed by atoms with Crippen LogP contribution in [0, 0.1) is 17.6 Å². The molecule has 1 nitrogen and oxygen atoms in total. The summed E-state index contributed by atoms with van der Waals surface area (Å²) in [7, 11) is 1.47. The van der Waals surface area contributed by atoms with E-state index in [1.807, 2.05) is 12.1 Å². The Kier molecular flexibility index (Phi) is 7.01. The fourth-order valence-electron chi connectivity index (χ4n) is 4.29. The van der Waals surface area contributed by atoms with Crippen molar-refractivity contribution in [1.82, 2.24) is 0 Å². The molecule has 1 aliphatic carbocycles. The lowest BCUT2D eigenvalue weighted by Crippen LogP contribution is -2.13. The number of unbranched alkanes of at least 4 members (excludes halogenated alkanes) is 1. The first-order valence-electron chi connectivity index (χ1n) is 10.2. The number of rotatable bonds is 7. The lowest BCUT2D eigenvalue weighted by molar-refractivity contribution is 0.180. The maximum atomic E-state index is 14.4. The van der Waals surface area contributed by atoms with Crippen LogP contribution in [0.2, 0.25) is 0 Å². The summed E-state index contributed by atoms with van der Waals surface area (Å²) >= 11 is 0. The number of methoxy groups -OCH3 is 1. The third-order valence-electron chi connectivity index (χ3n) is 5.97. The van der Waals surface area contributed by atoms with E-state index in [1.54, 1.807) is 12.1 Å². The lowest BCUT2D eigenvalue weighted by atomic mass is 9.77. The normalized spacial score (nSPS) is 20.0. The summed E-state index contributed by atoms with van der Waals surface area (Å²) in [6.07, 6.45) is 9.09. The van der Waals surface area contributed by atoms with Crippen LogP contribution in [0.15, 0.2) is 36.4 Å². The maximum Gasteiger partial charge on any atom is 0.167 e. The molecule has 1 aliphatic rings. The van der Waals surface area contributed by atoms with Crippen molar-refractivity contribution in [3.05, 3.63) is 59.2 Å². The molecule has 0 aliphatic heterocycles. The number of benzene rings is 2. The highest BCUT2D eigenvalue weighted by molar-refractivity contribution is 5.65. The molecule has 0 radical (unpaired) electrons. The molecule has 2 aromatic rings. The highest BCUT2D eigenvalue weighted by Crippen LogP contribution is 2.38. The molecular formula is C24H30F2O. The Hall–Kier alpha value is -1.74. The fraction of sp³-hybridized carbons (Fsp3) is 0.500. The standard InChI is InChI=1S/C24H30F2O/c1-3-4-5-17-6-8-18(9-7-17)19-10-12-20(13-11-19)22-15-14-21(16-27-2)23(25)24(22)26/h10-15,17-18H,3-9,16H2,1-2H3. The van der Waals surface area contributed by atoms with Crippen molar-refractivity contribution in [2.45, 2.75) is 64.4 Å². The minimum atomic E-state index is -0.816. The molecule has 0 amide bonds. The van der Waals surface area contributed by atoms with E-state index in [-0.39, 0.29) is 12.2 Å². The second-order valence-electron chi connectivity index (χ2n) is 7.82. The van der Waals surface area contributed by atoms with Crippen LogP contribution >= 0.6 is 0 Å². The monoisotopic (exact) mass is 372 g/mol. The molecule has 146 valence electrons. The van der Waals surface area contributed by atoms with E-state index < -0.39 is 11.6 Å². The van der Waals surface area contributed by atoms with Crippen LogP contribution in [0.1, 0.15) is 68.9 Å². The van der Waals surface area contributed by atoms with Gasteiger partial charge in [0.25, 0.3) is 0 Å². The first-order chi connectivity index (χ1) is 13.1. The van der Waals surface area contributed by atoms with E-state index in [2.05, 4.69) is 19.1 Å². The van der Waals surface area contributed by atoms with Crippen molar-refractivity contribution >= 4 is 0 Å². The van der Waals surface area contributed by atoms with E-state index in [0.717, 1.165) is 11.5 Å². The highest BCUT2D eigenvalue weighted by Gasteiger charge is 2.22. The van der Waals surface area contributed by atoms with Gasteiger partial charge in [-0.3, -0.25) is 0 Å². The topological polar surface area (TPSA) is 9.23 Å². The average Bonchev–Trinajstić information content (AvgIpc) is 2.71. The molecule has 0 spiro atoms. The molecule has 0 aromatic heterocycles. The van der Waals surface area contributed by atoms with Gasteiger partial charge in [0.15, 0.2) is 11.6 Å². The molecule has 0 bridgehead atoms. The Labute approximate surface area is 161 Å².